The van der Waals surface area contributed by atoms with E-state index in [-0.39, 0.29) is 0 Å². The summed E-state index contributed by atoms with van der Waals surface area (Å²) in [6.07, 6.45) is 0.468. The highest BCUT2D eigenvalue weighted by atomic mass is 35.5. The summed E-state index contributed by atoms with van der Waals surface area (Å²) in [4.78, 5) is 13.4. The number of hydrogen-bond acceptors (Lipinski definition) is 4. The highest BCUT2D eigenvalue weighted by Crippen LogP contribution is 2.56. The van der Waals surface area contributed by atoms with Gasteiger partial charge >= 0.3 is 8.17 Å². The first-order chi connectivity index (χ1) is 12.9. The molecule has 138 valence electrons. The van der Waals surface area contributed by atoms with Gasteiger partial charge in [0.25, 0.3) is 0 Å². The van der Waals surface area contributed by atoms with Crippen molar-refractivity contribution in [2.45, 2.75) is 13.3 Å². The Hall–Kier alpha value is -1.97. The SMILES string of the molecule is Cc1cccc(O[P+]2([O-])Oc3ccc(Cl)cc3Cc3cc(Cl)ccc3O2)c1. The average Bonchev–Trinajstić information content (AvgIpc) is 2.59. The summed E-state index contributed by atoms with van der Waals surface area (Å²) < 4.78 is 17.1. The predicted molar refractivity (Wildman–Crippen MR) is 106 cm³/mol. The lowest BCUT2D eigenvalue weighted by molar-refractivity contribution is -0.222. The third-order valence-corrected chi connectivity index (χ3v) is 5.80. The second kappa shape index (κ2) is 7.21. The maximum absolute atomic E-state index is 13.4. The van der Waals surface area contributed by atoms with Crippen LogP contribution in [0.3, 0.4) is 0 Å². The topological polar surface area (TPSA) is 50.8 Å². The van der Waals surface area contributed by atoms with E-state index in [9.17, 15) is 4.89 Å². The van der Waals surface area contributed by atoms with E-state index in [4.69, 9.17) is 36.8 Å². The summed E-state index contributed by atoms with van der Waals surface area (Å²) in [5, 5.41) is 1.11. The fourth-order valence-electron chi connectivity index (χ4n) is 2.85. The van der Waals surface area contributed by atoms with Crippen molar-refractivity contribution in [3.05, 3.63) is 87.4 Å². The molecule has 1 aliphatic heterocycles. The molecule has 0 spiro atoms. The zero-order chi connectivity index (χ0) is 19.0. The molecule has 0 unspecified atom stereocenters. The minimum atomic E-state index is -4.01. The summed E-state index contributed by atoms with van der Waals surface area (Å²) in [7, 11) is -4.01. The fourth-order valence-corrected chi connectivity index (χ4v) is 4.56. The molecule has 3 aromatic carbocycles. The van der Waals surface area contributed by atoms with Crippen LogP contribution in [0.1, 0.15) is 16.7 Å². The molecule has 0 saturated carbocycles. The quantitative estimate of drug-likeness (QED) is 0.493. The Balaban J connectivity index is 1.80. The molecule has 3 aromatic rings. The van der Waals surface area contributed by atoms with Crippen LogP contribution in [0.4, 0.5) is 0 Å². The largest absolute Gasteiger partial charge is 0.583 e. The van der Waals surface area contributed by atoms with Gasteiger partial charge in [-0.3, -0.25) is 13.6 Å². The molecule has 4 nitrogen and oxygen atoms in total. The van der Waals surface area contributed by atoms with Crippen molar-refractivity contribution in [2.75, 3.05) is 0 Å². The first-order valence-electron chi connectivity index (χ1n) is 8.23. The van der Waals surface area contributed by atoms with Crippen molar-refractivity contribution in [3.63, 3.8) is 0 Å². The van der Waals surface area contributed by atoms with E-state index in [0.717, 1.165) is 16.7 Å². The molecule has 0 amide bonds. The summed E-state index contributed by atoms with van der Waals surface area (Å²) in [5.74, 6) is 1.17. The summed E-state index contributed by atoms with van der Waals surface area (Å²) in [5.41, 5.74) is 2.50. The van der Waals surface area contributed by atoms with Gasteiger partial charge in [-0.1, -0.05) is 35.3 Å². The number of aryl methyl sites for hydroxylation is 1. The molecule has 0 fully saturated rings. The molecule has 1 aliphatic rings. The predicted octanol–water partition coefficient (Wildman–Crippen LogP) is 5.78. The Morgan fingerprint density at radius 3 is 2.04 bits per heavy atom. The van der Waals surface area contributed by atoms with Gasteiger partial charge in [0.2, 0.25) is 0 Å². The van der Waals surface area contributed by atoms with Crippen LogP contribution < -0.4 is 18.5 Å². The lowest BCUT2D eigenvalue weighted by atomic mass is 10.0. The Bertz CT molecular complexity index is 956. The van der Waals surface area contributed by atoms with E-state index in [0.29, 0.717) is 33.7 Å². The smallest absolute Gasteiger partial charge is 0.517 e. The van der Waals surface area contributed by atoms with Gasteiger partial charge in [0.15, 0.2) is 17.2 Å². The van der Waals surface area contributed by atoms with Crippen molar-refractivity contribution in [2.24, 2.45) is 0 Å². The van der Waals surface area contributed by atoms with Gasteiger partial charge in [-0.25, -0.2) is 0 Å². The standard InChI is InChI=1S/C20H15Cl2O4P/c1-13-3-2-4-18(9-13)24-27(23)25-19-7-5-16(21)11-14(19)10-15-12-17(22)6-8-20(15)26-27/h2-9,11-12H,10H2,1H3. The van der Waals surface area contributed by atoms with Gasteiger partial charge in [0, 0.05) is 27.6 Å². The molecular weight excluding hydrogens is 406 g/mol. The zero-order valence-electron chi connectivity index (χ0n) is 14.3. The van der Waals surface area contributed by atoms with Crippen molar-refractivity contribution in [1.29, 1.82) is 0 Å². The van der Waals surface area contributed by atoms with E-state index in [1.807, 2.05) is 19.1 Å². The van der Waals surface area contributed by atoms with E-state index in [1.54, 1.807) is 48.5 Å². The number of rotatable bonds is 2. The number of hydrogen-bond donors (Lipinski definition) is 0. The highest BCUT2D eigenvalue weighted by molar-refractivity contribution is 7.55. The molecule has 27 heavy (non-hydrogen) atoms. The number of phosphoric ester groups is 1. The Labute approximate surface area is 167 Å². The van der Waals surface area contributed by atoms with Crippen LogP contribution in [-0.2, 0) is 6.42 Å². The Morgan fingerprint density at radius 2 is 1.48 bits per heavy atom. The second-order valence-corrected chi connectivity index (χ2v) is 8.53. The normalized spacial score (nSPS) is 14.7. The van der Waals surface area contributed by atoms with Gasteiger partial charge in [-0.2, -0.15) is 0 Å². The molecule has 0 N–H and O–H groups in total. The summed E-state index contributed by atoms with van der Waals surface area (Å²) in [6, 6.07) is 17.4. The Morgan fingerprint density at radius 1 is 0.889 bits per heavy atom. The first-order valence-corrected chi connectivity index (χ1v) is 10.4. The van der Waals surface area contributed by atoms with Crippen LogP contribution in [0.5, 0.6) is 17.2 Å². The molecule has 0 bridgehead atoms. The van der Waals surface area contributed by atoms with Gasteiger partial charge in [0.1, 0.15) is 0 Å². The third-order valence-electron chi connectivity index (χ3n) is 4.05. The minimum Gasteiger partial charge on any atom is -0.583 e. The lowest BCUT2D eigenvalue weighted by Gasteiger charge is -2.28. The molecule has 1 heterocycles. The molecule has 7 heteroatoms. The van der Waals surface area contributed by atoms with Crippen molar-refractivity contribution in [1.82, 2.24) is 0 Å². The third kappa shape index (κ3) is 4.15. The molecule has 0 atom stereocenters. The molecule has 0 aromatic heterocycles. The van der Waals surface area contributed by atoms with Crippen LogP contribution in [0.2, 0.25) is 10.0 Å². The molecule has 4 rings (SSSR count). The van der Waals surface area contributed by atoms with E-state index in [2.05, 4.69) is 0 Å². The van der Waals surface area contributed by atoms with Gasteiger partial charge in [-0.15, -0.1) is 0 Å². The van der Waals surface area contributed by atoms with Crippen molar-refractivity contribution < 1.29 is 18.5 Å². The van der Waals surface area contributed by atoms with Crippen LogP contribution in [-0.4, -0.2) is 0 Å². The molecule has 0 saturated heterocycles. The highest BCUT2D eigenvalue weighted by Gasteiger charge is 2.41. The summed E-state index contributed by atoms with van der Waals surface area (Å²) in [6.45, 7) is 1.91. The van der Waals surface area contributed by atoms with Gasteiger partial charge in [-0.05, 0) is 61.0 Å². The minimum absolute atomic E-state index is 0.390. The van der Waals surface area contributed by atoms with Crippen LogP contribution >= 0.6 is 31.4 Å². The molecule has 0 aliphatic carbocycles. The number of fused-ring (bicyclic) bond motifs is 2. The van der Waals surface area contributed by atoms with Crippen molar-refractivity contribution in [3.8, 4) is 17.2 Å². The average molecular weight is 421 g/mol. The maximum atomic E-state index is 13.4. The zero-order valence-corrected chi connectivity index (χ0v) is 16.7. The van der Waals surface area contributed by atoms with Gasteiger partial charge < -0.3 is 4.89 Å². The first kappa shape index (κ1) is 18.4. The van der Waals surface area contributed by atoms with Crippen LogP contribution in [0.15, 0.2) is 60.7 Å². The molecule has 0 radical (unpaired) electrons. The monoisotopic (exact) mass is 420 g/mol. The Kier molecular flexibility index (Phi) is 4.92. The lowest BCUT2D eigenvalue weighted by Crippen LogP contribution is -2.27. The van der Waals surface area contributed by atoms with E-state index >= 15 is 0 Å². The van der Waals surface area contributed by atoms with E-state index in [1.165, 1.54) is 0 Å². The maximum Gasteiger partial charge on any atom is 0.517 e. The summed E-state index contributed by atoms with van der Waals surface area (Å²) >= 11 is 12.3. The number of benzene rings is 3. The van der Waals surface area contributed by atoms with E-state index < -0.39 is 8.17 Å². The van der Waals surface area contributed by atoms with Crippen LogP contribution in [0.25, 0.3) is 0 Å². The number of phosphoric acid groups is 1. The van der Waals surface area contributed by atoms with Crippen molar-refractivity contribution >= 4 is 31.4 Å². The second-order valence-electron chi connectivity index (χ2n) is 6.22. The molecular formula is C20H15Cl2O4P. The van der Waals surface area contributed by atoms with Crippen LogP contribution in [0, 0.1) is 6.92 Å². The number of halogens is 2. The van der Waals surface area contributed by atoms with Gasteiger partial charge in [0.05, 0.1) is 0 Å². The fraction of sp³-hybridized carbons (Fsp3) is 0.100.